The van der Waals surface area contributed by atoms with Crippen molar-refractivity contribution >= 4 is 23.6 Å². The maximum Gasteiger partial charge on any atom is 0.233 e. The largest absolute Gasteiger partial charge is 0.375 e. The van der Waals surface area contributed by atoms with E-state index in [4.69, 9.17) is 4.74 Å². The summed E-state index contributed by atoms with van der Waals surface area (Å²) in [6.45, 7) is 5.93. The van der Waals surface area contributed by atoms with Crippen molar-refractivity contribution in [3.8, 4) is 5.69 Å². The van der Waals surface area contributed by atoms with Crippen LogP contribution in [0.4, 0.5) is 5.95 Å². The molecule has 3 heterocycles. The molecule has 0 aliphatic carbocycles. The molecule has 2 saturated heterocycles. The number of carbonyl (C=O) groups excluding carboxylic acids is 1. The van der Waals surface area contributed by atoms with E-state index in [9.17, 15) is 4.79 Å². The van der Waals surface area contributed by atoms with Crippen LogP contribution < -0.4 is 4.90 Å². The lowest BCUT2D eigenvalue weighted by Gasteiger charge is -2.31. The minimum Gasteiger partial charge on any atom is -0.375 e. The van der Waals surface area contributed by atoms with Crippen LogP contribution in [-0.4, -0.2) is 70.2 Å². The Bertz CT molecular complexity index is 791. The SMILES string of the molecule is CC1CN(C(=O)CSc2nnc(N3CCCCC3)n2-c2ccccc2)CCO1. The molecule has 1 unspecified atom stereocenters. The van der Waals surface area contributed by atoms with Crippen molar-refractivity contribution in [1.82, 2.24) is 19.7 Å². The number of carbonyl (C=O) groups is 1. The Hall–Kier alpha value is -2.06. The quantitative estimate of drug-likeness (QED) is 0.718. The first-order chi connectivity index (χ1) is 13.7. The second kappa shape index (κ2) is 8.96. The summed E-state index contributed by atoms with van der Waals surface area (Å²) in [7, 11) is 0. The summed E-state index contributed by atoms with van der Waals surface area (Å²) in [6.07, 6.45) is 3.72. The molecule has 4 rings (SSSR count). The highest BCUT2D eigenvalue weighted by Gasteiger charge is 2.24. The number of rotatable bonds is 5. The summed E-state index contributed by atoms with van der Waals surface area (Å²) in [5.41, 5.74) is 1.03. The zero-order valence-corrected chi connectivity index (χ0v) is 17.1. The van der Waals surface area contributed by atoms with Gasteiger partial charge >= 0.3 is 0 Å². The Labute approximate surface area is 170 Å². The van der Waals surface area contributed by atoms with E-state index in [1.165, 1.54) is 31.0 Å². The van der Waals surface area contributed by atoms with Crippen molar-refractivity contribution in [2.75, 3.05) is 43.4 Å². The number of hydrogen-bond donors (Lipinski definition) is 0. The maximum atomic E-state index is 12.7. The number of aromatic nitrogens is 3. The van der Waals surface area contributed by atoms with Crippen LogP contribution in [0.25, 0.3) is 5.69 Å². The maximum absolute atomic E-state index is 12.7. The van der Waals surface area contributed by atoms with E-state index < -0.39 is 0 Å². The van der Waals surface area contributed by atoms with Gasteiger partial charge in [-0.05, 0) is 38.3 Å². The van der Waals surface area contributed by atoms with Gasteiger partial charge in [-0.25, -0.2) is 0 Å². The molecule has 2 aliphatic rings. The second-order valence-corrected chi connectivity index (χ2v) is 8.25. The summed E-state index contributed by atoms with van der Waals surface area (Å²) in [5.74, 6) is 1.36. The number of amides is 1. The zero-order chi connectivity index (χ0) is 19.3. The van der Waals surface area contributed by atoms with Gasteiger partial charge in [0, 0.05) is 26.2 Å². The standard InChI is InChI=1S/C20H27N5O2S/c1-16-14-24(12-13-27-16)18(26)15-28-20-22-21-19(23-10-6-3-7-11-23)25(20)17-8-4-2-5-9-17/h2,4-5,8-9,16H,3,6-7,10-15H2,1H3. The fraction of sp³-hybridized carbons (Fsp3) is 0.550. The summed E-state index contributed by atoms with van der Waals surface area (Å²) < 4.78 is 7.62. The molecular formula is C20H27N5O2S. The average molecular weight is 402 g/mol. The molecule has 0 radical (unpaired) electrons. The Morgan fingerprint density at radius 2 is 1.93 bits per heavy atom. The molecule has 2 fully saturated rings. The monoisotopic (exact) mass is 401 g/mol. The summed E-state index contributed by atoms with van der Waals surface area (Å²) >= 11 is 1.46. The fourth-order valence-electron chi connectivity index (χ4n) is 3.72. The van der Waals surface area contributed by atoms with Gasteiger partial charge in [-0.15, -0.1) is 10.2 Å². The van der Waals surface area contributed by atoms with Crippen molar-refractivity contribution in [1.29, 1.82) is 0 Å². The van der Waals surface area contributed by atoms with E-state index in [2.05, 4.69) is 31.8 Å². The zero-order valence-electron chi connectivity index (χ0n) is 16.3. The first-order valence-electron chi connectivity index (χ1n) is 10.0. The van der Waals surface area contributed by atoms with Crippen molar-refractivity contribution in [2.45, 2.75) is 37.4 Å². The highest BCUT2D eigenvalue weighted by Crippen LogP contribution is 2.28. The molecule has 1 amide bonds. The third-order valence-corrected chi connectivity index (χ3v) is 6.10. The first kappa shape index (κ1) is 19.3. The van der Waals surface area contributed by atoms with Crippen LogP contribution in [0.2, 0.25) is 0 Å². The van der Waals surface area contributed by atoms with Crippen molar-refractivity contribution < 1.29 is 9.53 Å². The molecule has 1 atom stereocenters. The van der Waals surface area contributed by atoms with Crippen LogP contribution in [0.3, 0.4) is 0 Å². The number of ether oxygens (including phenoxy) is 1. The van der Waals surface area contributed by atoms with Gasteiger partial charge in [0.05, 0.1) is 24.2 Å². The number of benzene rings is 1. The minimum atomic E-state index is 0.0985. The third-order valence-electron chi connectivity index (χ3n) is 5.19. The van der Waals surface area contributed by atoms with Crippen LogP contribution >= 0.6 is 11.8 Å². The second-order valence-electron chi connectivity index (χ2n) is 7.31. The van der Waals surface area contributed by atoms with Crippen LogP contribution in [0.15, 0.2) is 35.5 Å². The smallest absolute Gasteiger partial charge is 0.233 e. The Morgan fingerprint density at radius 3 is 2.68 bits per heavy atom. The molecule has 28 heavy (non-hydrogen) atoms. The molecule has 0 N–H and O–H groups in total. The molecule has 0 bridgehead atoms. The molecule has 150 valence electrons. The number of thioether (sulfide) groups is 1. The minimum absolute atomic E-state index is 0.0985. The topological polar surface area (TPSA) is 63.5 Å². The number of hydrogen-bond acceptors (Lipinski definition) is 6. The number of anilines is 1. The number of nitrogens with zero attached hydrogens (tertiary/aromatic N) is 5. The highest BCUT2D eigenvalue weighted by molar-refractivity contribution is 7.99. The van der Waals surface area contributed by atoms with E-state index in [0.717, 1.165) is 29.9 Å². The van der Waals surface area contributed by atoms with E-state index >= 15 is 0 Å². The van der Waals surface area contributed by atoms with Crippen LogP contribution in [-0.2, 0) is 9.53 Å². The molecule has 0 spiro atoms. The van der Waals surface area contributed by atoms with E-state index in [1.54, 1.807) is 0 Å². The lowest BCUT2D eigenvalue weighted by Crippen LogP contribution is -2.45. The Morgan fingerprint density at radius 1 is 1.14 bits per heavy atom. The van der Waals surface area contributed by atoms with E-state index in [1.807, 2.05) is 30.0 Å². The summed E-state index contributed by atoms with van der Waals surface area (Å²) in [4.78, 5) is 16.8. The van der Waals surface area contributed by atoms with Gasteiger partial charge in [0.25, 0.3) is 0 Å². The molecule has 2 aliphatic heterocycles. The van der Waals surface area contributed by atoms with Crippen LogP contribution in [0.1, 0.15) is 26.2 Å². The predicted molar refractivity (Wildman–Crippen MR) is 110 cm³/mol. The van der Waals surface area contributed by atoms with Gasteiger partial charge in [0.1, 0.15) is 0 Å². The van der Waals surface area contributed by atoms with Gasteiger partial charge in [-0.3, -0.25) is 9.36 Å². The first-order valence-corrected chi connectivity index (χ1v) is 11.0. The van der Waals surface area contributed by atoms with Gasteiger partial charge in [0.2, 0.25) is 11.9 Å². The molecule has 7 nitrogen and oxygen atoms in total. The highest BCUT2D eigenvalue weighted by atomic mass is 32.2. The summed E-state index contributed by atoms with van der Waals surface area (Å²) in [6, 6.07) is 10.2. The Kier molecular flexibility index (Phi) is 6.17. The normalized spacial score (nSPS) is 20.4. The number of para-hydroxylation sites is 1. The van der Waals surface area contributed by atoms with Crippen molar-refractivity contribution in [2.24, 2.45) is 0 Å². The van der Waals surface area contributed by atoms with Gasteiger partial charge in [-0.1, -0.05) is 30.0 Å². The molecule has 0 saturated carbocycles. The molecule has 1 aromatic heterocycles. The lowest BCUT2D eigenvalue weighted by molar-refractivity contribution is -0.135. The summed E-state index contributed by atoms with van der Waals surface area (Å²) in [5, 5.41) is 9.70. The predicted octanol–water partition coefficient (Wildman–Crippen LogP) is 2.60. The van der Waals surface area contributed by atoms with E-state index in [-0.39, 0.29) is 12.0 Å². The third kappa shape index (κ3) is 4.33. The van der Waals surface area contributed by atoms with Gasteiger partial charge < -0.3 is 14.5 Å². The Balaban J connectivity index is 1.53. The molecule has 2 aromatic rings. The molecular weight excluding hydrogens is 374 g/mol. The van der Waals surface area contributed by atoms with Gasteiger partial charge in [0.15, 0.2) is 5.16 Å². The lowest BCUT2D eigenvalue weighted by atomic mass is 10.1. The van der Waals surface area contributed by atoms with Gasteiger partial charge in [-0.2, -0.15) is 0 Å². The fourth-order valence-corrected chi connectivity index (χ4v) is 4.57. The van der Waals surface area contributed by atoms with Crippen molar-refractivity contribution in [3.63, 3.8) is 0 Å². The average Bonchev–Trinajstić information content (AvgIpc) is 3.17. The van der Waals surface area contributed by atoms with E-state index in [0.29, 0.717) is 25.4 Å². The van der Waals surface area contributed by atoms with Crippen LogP contribution in [0.5, 0.6) is 0 Å². The molecule has 1 aromatic carbocycles. The number of piperidine rings is 1. The number of morpholine rings is 1. The molecule has 8 heteroatoms. The van der Waals surface area contributed by atoms with Crippen LogP contribution in [0, 0.1) is 0 Å². The van der Waals surface area contributed by atoms with Crippen molar-refractivity contribution in [3.05, 3.63) is 30.3 Å².